The molecule has 108 valence electrons. The van der Waals surface area contributed by atoms with Crippen LogP contribution in [0.5, 0.6) is 0 Å². The van der Waals surface area contributed by atoms with E-state index in [1.165, 1.54) is 17.8 Å². The van der Waals surface area contributed by atoms with Crippen LogP contribution in [0.2, 0.25) is 0 Å². The number of aromatic carboxylic acids is 1. The van der Waals surface area contributed by atoms with Crippen molar-refractivity contribution in [2.45, 2.75) is 11.4 Å². The maximum Gasteiger partial charge on any atom is 0.352 e. The second kappa shape index (κ2) is 5.14. The van der Waals surface area contributed by atoms with Gasteiger partial charge >= 0.3 is 5.97 Å². The fourth-order valence-electron chi connectivity index (χ4n) is 1.83. The fourth-order valence-corrected chi connectivity index (χ4v) is 2.89. The van der Waals surface area contributed by atoms with Gasteiger partial charge < -0.3 is 14.2 Å². The molecule has 0 aliphatic carbocycles. The second-order valence-corrected chi connectivity index (χ2v) is 6.18. The van der Waals surface area contributed by atoms with E-state index in [0.29, 0.717) is 0 Å². The van der Waals surface area contributed by atoms with Crippen molar-refractivity contribution < 1.29 is 18.3 Å². The van der Waals surface area contributed by atoms with Gasteiger partial charge in [0, 0.05) is 32.2 Å². The summed E-state index contributed by atoms with van der Waals surface area (Å²) in [7, 11) is -0.436. The topological polar surface area (TPSA) is 93.3 Å². The third kappa shape index (κ3) is 2.75. The second-order valence-electron chi connectivity index (χ2n) is 4.41. The molecule has 8 heteroatoms. The molecule has 0 aliphatic rings. The van der Waals surface area contributed by atoms with Crippen molar-refractivity contribution in [3.8, 4) is 0 Å². The van der Waals surface area contributed by atoms with Crippen molar-refractivity contribution in [3.05, 3.63) is 42.0 Å². The van der Waals surface area contributed by atoms with Crippen LogP contribution in [0.4, 0.5) is 0 Å². The van der Waals surface area contributed by atoms with E-state index in [9.17, 15) is 13.2 Å². The van der Waals surface area contributed by atoms with Gasteiger partial charge in [-0.1, -0.05) is 0 Å². The lowest BCUT2D eigenvalue weighted by Crippen LogP contribution is -2.23. The van der Waals surface area contributed by atoms with Gasteiger partial charge in [0.05, 0.1) is 6.54 Å². The summed E-state index contributed by atoms with van der Waals surface area (Å²) >= 11 is 0. The van der Waals surface area contributed by atoms with Gasteiger partial charge in [0.2, 0.25) is 10.0 Å². The Morgan fingerprint density at radius 3 is 2.55 bits per heavy atom. The Morgan fingerprint density at radius 1 is 1.35 bits per heavy atom. The van der Waals surface area contributed by atoms with Crippen LogP contribution in [0.25, 0.3) is 0 Å². The van der Waals surface area contributed by atoms with Gasteiger partial charge in [-0.2, -0.15) is 0 Å². The van der Waals surface area contributed by atoms with Gasteiger partial charge in [0.1, 0.15) is 10.6 Å². The van der Waals surface area contributed by atoms with Crippen molar-refractivity contribution in [1.29, 1.82) is 0 Å². The highest BCUT2D eigenvalue weighted by atomic mass is 32.2. The van der Waals surface area contributed by atoms with E-state index < -0.39 is 16.0 Å². The predicted octanol–water partition coefficient (Wildman–Crippen LogP) is 0.540. The Kier molecular flexibility index (Phi) is 3.69. The first kappa shape index (κ1) is 14.4. The average Bonchev–Trinajstić information content (AvgIpc) is 2.93. The number of nitrogens with zero attached hydrogens (tertiary/aromatic N) is 2. The summed E-state index contributed by atoms with van der Waals surface area (Å²) in [5.74, 6) is -1.17. The quantitative estimate of drug-likeness (QED) is 0.842. The van der Waals surface area contributed by atoms with Crippen LogP contribution in [0.3, 0.4) is 0 Å². The summed E-state index contributed by atoms with van der Waals surface area (Å²) in [4.78, 5) is 10.8. The highest BCUT2D eigenvalue weighted by molar-refractivity contribution is 7.89. The molecule has 20 heavy (non-hydrogen) atoms. The van der Waals surface area contributed by atoms with Crippen LogP contribution in [0.1, 0.15) is 16.2 Å². The lowest BCUT2D eigenvalue weighted by atomic mass is 10.4. The van der Waals surface area contributed by atoms with Gasteiger partial charge in [-0.15, -0.1) is 0 Å². The molecule has 2 rings (SSSR count). The standard InChI is InChI=1S/C12H15N3O4S/c1-14-5-3-4-9(14)7-13-20(18,19)10-6-11(12(16)17)15(2)8-10/h3-6,8,13H,7H2,1-2H3,(H,16,17). The summed E-state index contributed by atoms with van der Waals surface area (Å²) in [5.41, 5.74) is 0.729. The lowest BCUT2D eigenvalue weighted by molar-refractivity contribution is 0.0686. The number of carboxylic acid groups (broad SMARTS) is 1. The van der Waals surface area contributed by atoms with E-state index >= 15 is 0 Å². The van der Waals surface area contributed by atoms with E-state index in [1.807, 2.05) is 19.3 Å². The number of hydrogen-bond acceptors (Lipinski definition) is 3. The van der Waals surface area contributed by atoms with E-state index in [4.69, 9.17) is 5.11 Å². The number of nitrogens with one attached hydrogen (secondary N) is 1. The first-order valence-corrected chi connectivity index (χ1v) is 7.29. The van der Waals surface area contributed by atoms with Crippen LogP contribution < -0.4 is 4.72 Å². The van der Waals surface area contributed by atoms with Crippen molar-refractivity contribution in [2.24, 2.45) is 14.1 Å². The molecule has 0 atom stereocenters. The van der Waals surface area contributed by atoms with Gasteiger partial charge in [0.15, 0.2) is 0 Å². The molecule has 0 fully saturated rings. The number of aryl methyl sites for hydroxylation is 2. The van der Waals surface area contributed by atoms with Gasteiger partial charge in [-0.3, -0.25) is 0 Å². The first-order valence-electron chi connectivity index (χ1n) is 5.81. The maximum atomic E-state index is 12.1. The number of carboxylic acids is 1. The number of aromatic nitrogens is 2. The molecule has 2 aromatic rings. The van der Waals surface area contributed by atoms with Crippen LogP contribution in [0, 0.1) is 0 Å². The highest BCUT2D eigenvalue weighted by Gasteiger charge is 2.20. The Balaban J connectivity index is 2.20. The van der Waals surface area contributed by atoms with E-state index in [-0.39, 0.29) is 17.1 Å². The Bertz CT molecular complexity index is 743. The number of hydrogen-bond donors (Lipinski definition) is 2. The smallest absolute Gasteiger partial charge is 0.352 e. The van der Waals surface area contributed by atoms with Gasteiger partial charge in [-0.05, 0) is 18.2 Å². The van der Waals surface area contributed by atoms with Crippen LogP contribution in [-0.4, -0.2) is 28.6 Å². The molecule has 0 saturated carbocycles. The summed E-state index contributed by atoms with van der Waals surface area (Å²) in [6, 6.07) is 4.75. The molecule has 0 bridgehead atoms. The molecule has 2 N–H and O–H groups in total. The molecule has 0 unspecified atom stereocenters. The zero-order valence-electron chi connectivity index (χ0n) is 11.1. The van der Waals surface area contributed by atoms with Crippen molar-refractivity contribution >= 4 is 16.0 Å². The first-order chi connectivity index (χ1) is 9.31. The van der Waals surface area contributed by atoms with Crippen molar-refractivity contribution in [2.75, 3.05) is 0 Å². The largest absolute Gasteiger partial charge is 0.477 e. The lowest BCUT2D eigenvalue weighted by Gasteiger charge is -2.06. The molecule has 0 aliphatic heterocycles. The molecule has 7 nitrogen and oxygen atoms in total. The molecule has 0 amide bonds. The molecule has 0 spiro atoms. The Hall–Kier alpha value is -2.06. The normalized spacial score (nSPS) is 11.7. The summed E-state index contributed by atoms with van der Waals surface area (Å²) in [6.07, 6.45) is 3.09. The third-order valence-electron chi connectivity index (χ3n) is 3.00. The highest BCUT2D eigenvalue weighted by Crippen LogP contribution is 2.14. The molecule has 2 heterocycles. The molecule has 0 saturated heterocycles. The predicted molar refractivity (Wildman–Crippen MR) is 71.8 cm³/mol. The van der Waals surface area contributed by atoms with Crippen molar-refractivity contribution in [1.82, 2.24) is 13.9 Å². The zero-order valence-corrected chi connectivity index (χ0v) is 11.9. The minimum absolute atomic E-state index is 0.0633. The minimum Gasteiger partial charge on any atom is -0.477 e. The van der Waals surface area contributed by atoms with E-state index in [1.54, 1.807) is 10.6 Å². The number of carbonyl (C=O) groups is 1. The average molecular weight is 297 g/mol. The SMILES string of the molecule is Cn1cccc1CNS(=O)(=O)c1cc(C(=O)O)n(C)c1. The monoisotopic (exact) mass is 297 g/mol. The minimum atomic E-state index is -3.74. The Morgan fingerprint density at radius 2 is 2.05 bits per heavy atom. The maximum absolute atomic E-state index is 12.1. The summed E-state index contributed by atoms with van der Waals surface area (Å²) in [5, 5.41) is 8.92. The van der Waals surface area contributed by atoms with Crippen LogP contribution in [0.15, 0.2) is 35.5 Å². The number of sulfonamides is 1. The Labute approximate surface area is 116 Å². The molecular formula is C12H15N3O4S. The van der Waals surface area contributed by atoms with E-state index in [0.717, 1.165) is 11.8 Å². The zero-order chi connectivity index (χ0) is 14.9. The van der Waals surface area contributed by atoms with Crippen molar-refractivity contribution in [3.63, 3.8) is 0 Å². The fraction of sp³-hybridized carbons (Fsp3) is 0.250. The molecule has 0 radical (unpaired) electrons. The third-order valence-corrected chi connectivity index (χ3v) is 4.37. The van der Waals surface area contributed by atoms with Gasteiger partial charge in [0.25, 0.3) is 0 Å². The number of rotatable bonds is 5. The van der Waals surface area contributed by atoms with Gasteiger partial charge in [-0.25, -0.2) is 17.9 Å². The molecule has 0 aromatic carbocycles. The van der Waals surface area contributed by atoms with Crippen LogP contribution >= 0.6 is 0 Å². The molecular weight excluding hydrogens is 282 g/mol. The summed E-state index contributed by atoms with van der Waals surface area (Å²) < 4.78 is 29.7. The summed E-state index contributed by atoms with van der Waals surface area (Å²) in [6.45, 7) is 0.142. The van der Waals surface area contributed by atoms with E-state index in [2.05, 4.69) is 4.72 Å². The van der Waals surface area contributed by atoms with Crippen LogP contribution in [-0.2, 0) is 30.7 Å². The molecule has 2 aromatic heterocycles.